The number of nitrogens with one attached hydrogen (secondary N) is 2. The van der Waals surface area contributed by atoms with E-state index in [2.05, 4.69) is 33.2 Å². The maximum atomic E-state index is 12.4. The Morgan fingerprint density at radius 1 is 1.13 bits per heavy atom. The Balaban J connectivity index is 2.16. The summed E-state index contributed by atoms with van der Waals surface area (Å²) >= 11 is 20.2. The number of hydrogen-bond acceptors (Lipinski definition) is 2. The van der Waals surface area contributed by atoms with Crippen molar-refractivity contribution >= 4 is 69.0 Å². The van der Waals surface area contributed by atoms with Gasteiger partial charge < -0.3 is 10.6 Å². The standard InChI is InChI=1S/C16H14Cl3IN2O/c1-10-3-2-4-11(9-10)14(23)22-15(16(17,18)19)21-13-7-5-12(20)6-8-13/h2-9,15,21H,1H3,(H,22,23)/t15-/m1/s1. The molecule has 2 N–H and O–H groups in total. The Bertz CT molecular complexity index is 686. The summed E-state index contributed by atoms with van der Waals surface area (Å²) in [6, 6.07) is 14.7. The van der Waals surface area contributed by atoms with Crippen LogP contribution < -0.4 is 10.6 Å². The highest BCUT2D eigenvalue weighted by atomic mass is 127. The molecule has 0 aromatic heterocycles. The van der Waals surface area contributed by atoms with Crippen LogP contribution in [0, 0.1) is 10.5 Å². The number of amides is 1. The molecule has 0 bridgehead atoms. The first-order valence-electron chi connectivity index (χ1n) is 6.72. The molecule has 0 saturated heterocycles. The van der Waals surface area contributed by atoms with Crippen LogP contribution in [0.25, 0.3) is 0 Å². The van der Waals surface area contributed by atoms with Crippen LogP contribution in [0.15, 0.2) is 48.5 Å². The molecule has 0 spiro atoms. The van der Waals surface area contributed by atoms with Gasteiger partial charge in [0.05, 0.1) is 0 Å². The van der Waals surface area contributed by atoms with Gasteiger partial charge in [0.25, 0.3) is 5.91 Å². The number of aryl methyl sites for hydroxylation is 1. The lowest BCUT2D eigenvalue weighted by Crippen LogP contribution is -2.49. The molecule has 0 aliphatic rings. The Kier molecular flexibility index (Phi) is 6.42. The Labute approximate surface area is 163 Å². The minimum atomic E-state index is -1.71. The van der Waals surface area contributed by atoms with E-state index >= 15 is 0 Å². The lowest BCUT2D eigenvalue weighted by molar-refractivity contribution is 0.0942. The molecular weight excluding hydrogens is 469 g/mol. The summed E-state index contributed by atoms with van der Waals surface area (Å²) in [5.41, 5.74) is 2.23. The second-order valence-corrected chi connectivity index (χ2v) is 8.58. The van der Waals surface area contributed by atoms with E-state index in [1.165, 1.54) is 0 Å². The Morgan fingerprint density at radius 3 is 2.35 bits per heavy atom. The fourth-order valence-corrected chi connectivity index (χ4v) is 2.60. The zero-order chi connectivity index (χ0) is 17.0. The monoisotopic (exact) mass is 482 g/mol. The van der Waals surface area contributed by atoms with E-state index in [4.69, 9.17) is 34.8 Å². The van der Waals surface area contributed by atoms with E-state index in [0.717, 1.165) is 14.8 Å². The number of anilines is 1. The molecule has 0 radical (unpaired) electrons. The van der Waals surface area contributed by atoms with Crippen LogP contribution in [0.1, 0.15) is 15.9 Å². The predicted octanol–water partition coefficient (Wildman–Crippen LogP) is 5.14. The second kappa shape index (κ2) is 7.92. The summed E-state index contributed by atoms with van der Waals surface area (Å²) in [7, 11) is 0. The average molecular weight is 484 g/mol. The summed E-state index contributed by atoms with van der Waals surface area (Å²) in [4.78, 5) is 12.4. The fourth-order valence-electron chi connectivity index (χ4n) is 1.91. The summed E-state index contributed by atoms with van der Waals surface area (Å²) in [6.07, 6.45) is -0.874. The summed E-state index contributed by atoms with van der Waals surface area (Å²) in [6.45, 7) is 1.91. The zero-order valence-corrected chi connectivity index (χ0v) is 16.5. The zero-order valence-electron chi connectivity index (χ0n) is 12.1. The van der Waals surface area contributed by atoms with Crippen LogP contribution in [0.5, 0.6) is 0 Å². The molecule has 2 aromatic rings. The Morgan fingerprint density at radius 2 is 1.78 bits per heavy atom. The third kappa shape index (κ3) is 5.71. The molecule has 0 heterocycles. The van der Waals surface area contributed by atoms with E-state index < -0.39 is 9.96 Å². The van der Waals surface area contributed by atoms with Gasteiger partial charge in [-0.15, -0.1) is 0 Å². The van der Waals surface area contributed by atoms with Gasteiger partial charge in [-0.1, -0.05) is 52.5 Å². The van der Waals surface area contributed by atoms with Crippen molar-refractivity contribution in [1.29, 1.82) is 0 Å². The maximum absolute atomic E-state index is 12.4. The van der Waals surface area contributed by atoms with Gasteiger partial charge in [0, 0.05) is 14.8 Å². The SMILES string of the molecule is Cc1cccc(C(=O)N[C@@H](Nc2ccc(I)cc2)C(Cl)(Cl)Cl)c1. The third-order valence-electron chi connectivity index (χ3n) is 3.04. The van der Waals surface area contributed by atoms with Crippen molar-refractivity contribution < 1.29 is 4.79 Å². The van der Waals surface area contributed by atoms with Crippen molar-refractivity contribution in [3.05, 3.63) is 63.2 Å². The minimum absolute atomic E-state index is 0.317. The fraction of sp³-hybridized carbons (Fsp3) is 0.188. The number of benzene rings is 2. The highest BCUT2D eigenvalue weighted by molar-refractivity contribution is 14.1. The highest BCUT2D eigenvalue weighted by Gasteiger charge is 2.34. The normalized spacial score (nSPS) is 12.6. The van der Waals surface area contributed by atoms with Crippen molar-refractivity contribution in [2.45, 2.75) is 16.9 Å². The van der Waals surface area contributed by atoms with Crippen molar-refractivity contribution in [1.82, 2.24) is 5.32 Å². The molecular formula is C16H14Cl3IN2O. The van der Waals surface area contributed by atoms with E-state index in [1.54, 1.807) is 18.2 Å². The van der Waals surface area contributed by atoms with Gasteiger partial charge in [-0.05, 0) is 65.9 Å². The molecule has 0 fully saturated rings. The van der Waals surface area contributed by atoms with Gasteiger partial charge >= 0.3 is 0 Å². The molecule has 2 rings (SSSR count). The lowest BCUT2D eigenvalue weighted by atomic mass is 10.1. The lowest BCUT2D eigenvalue weighted by Gasteiger charge is -2.27. The van der Waals surface area contributed by atoms with Crippen LogP contribution in [-0.4, -0.2) is 15.9 Å². The van der Waals surface area contributed by atoms with Crippen LogP contribution in [0.3, 0.4) is 0 Å². The maximum Gasteiger partial charge on any atom is 0.252 e. The van der Waals surface area contributed by atoms with Gasteiger partial charge in [0.2, 0.25) is 3.79 Å². The highest BCUT2D eigenvalue weighted by Crippen LogP contribution is 2.31. The quantitative estimate of drug-likeness (QED) is 0.359. The van der Waals surface area contributed by atoms with E-state index in [0.29, 0.717) is 5.56 Å². The molecule has 23 heavy (non-hydrogen) atoms. The van der Waals surface area contributed by atoms with Crippen LogP contribution >= 0.6 is 57.4 Å². The van der Waals surface area contributed by atoms with Gasteiger partial charge in [-0.25, -0.2) is 0 Å². The average Bonchev–Trinajstić information content (AvgIpc) is 2.47. The van der Waals surface area contributed by atoms with Crippen LogP contribution in [0.4, 0.5) is 5.69 Å². The number of carbonyl (C=O) groups is 1. The molecule has 122 valence electrons. The van der Waals surface area contributed by atoms with E-state index in [1.807, 2.05) is 37.3 Å². The van der Waals surface area contributed by atoms with Gasteiger partial charge in [0.15, 0.2) is 0 Å². The van der Waals surface area contributed by atoms with Crippen molar-refractivity contribution in [3.8, 4) is 0 Å². The van der Waals surface area contributed by atoms with Gasteiger partial charge in [-0.3, -0.25) is 4.79 Å². The molecule has 0 aliphatic carbocycles. The molecule has 3 nitrogen and oxygen atoms in total. The Hall–Kier alpha value is -0.690. The molecule has 7 heteroatoms. The molecule has 1 amide bonds. The van der Waals surface area contributed by atoms with Crippen molar-refractivity contribution in [2.75, 3.05) is 5.32 Å². The smallest absolute Gasteiger partial charge is 0.252 e. The first kappa shape index (κ1) is 18.6. The third-order valence-corrected chi connectivity index (χ3v) is 4.41. The second-order valence-electron chi connectivity index (χ2n) is 4.97. The summed E-state index contributed by atoms with van der Waals surface area (Å²) < 4.78 is -0.620. The van der Waals surface area contributed by atoms with Gasteiger partial charge in [-0.2, -0.15) is 0 Å². The molecule has 2 aromatic carbocycles. The predicted molar refractivity (Wildman–Crippen MR) is 106 cm³/mol. The number of hydrogen-bond donors (Lipinski definition) is 2. The van der Waals surface area contributed by atoms with Crippen LogP contribution in [0.2, 0.25) is 0 Å². The summed E-state index contributed by atoms with van der Waals surface area (Å²) in [5, 5.41) is 5.75. The van der Waals surface area contributed by atoms with E-state index in [9.17, 15) is 4.79 Å². The summed E-state index contributed by atoms with van der Waals surface area (Å²) in [5.74, 6) is -0.317. The topological polar surface area (TPSA) is 41.1 Å². The first-order chi connectivity index (χ1) is 10.8. The molecule has 0 saturated carbocycles. The number of carbonyl (C=O) groups excluding carboxylic acids is 1. The molecule has 0 aliphatic heterocycles. The van der Waals surface area contributed by atoms with Gasteiger partial charge in [0.1, 0.15) is 6.17 Å². The number of alkyl halides is 3. The minimum Gasteiger partial charge on any atom is -0.362 e. The molecule has 1 atom stereocenters. The number of rotatable bonds is 4. The largest absolute Gasteiger partial charge is 0.362 e. The molecule has 0 unspecified atom stereocenters. The first-order valence-corrected chi connectivity index (χ1v) is 8.93. The van der Waals surface area contributed by atoms with Crippen molar-refractivity contribution in [3.63, 3.8) is 0 Å². The number of halogens is 4. The van der Waals surface area contributed by atoms with E-state index in [-0.39, 0.29) is 5.91 Å². The van der Waals surface area contributed by atoms with Crippen LogP contribution in [-0.2, 0) is 0 Å². The van der Waals surface area contributed by atoms with Crippen molar-refractivity contribution in [2.24, 2.45) is 0 Å².